The molecule has 0 bridgehead atoms. The normalized spacial score (nSPS) is 14.2. The van der Waals surface area contributed by atoms with Crippen molar-refractivity contribution in [3.05, 3.63) is 47.2 Å². The van der Waals surface area contributed by atoms with Gasteiger partial charge in [-0.15, -0.1) is 0 Å². The number of aromatic nitrogens is 2. The van der Waals surface area contributed by atoms with Crippen LogP contribution in [0.1, 0.15) is 42.0 Å². The minimum atomic E-state index is 0.0193. The Morgan fingerprint density at radius 1 is 1.35 bits per heavy atom. The third-order valence-electron chi connectivity index (χ3n) is 3.77. The summed E-state index contributed by atoms with van der Waals surface area (Å²) in [6.07, 6.45) is 3.69. The monoisotopic (exact) mass is 269 g/mol. The Hall–Kier alpha value is -2.10. The quantitative estimate of drug-likeness (QED) is 0.876. The van der Waals surface area contributed by atoms with Gasteiger partial charge in [0.25, 0.3) is 0 Å². The number of benzene rings is 1. The molecule has 3 rings (SSSR count). The second kappa shape index (κ2) is 5.49. The number of nitrogens with zero attached hydrogens (tertiary/aromatic N) is 1. The van der Waals surface area contributed by atoms with Crippen molar-refractivity contribution in [2.24, 2.45) is 0 Å². The summed E-state index contributed by atoms with van der Waals surface area (Å²) in [5, 5.41) is 10.2. The summed E-state index contributed by atoms with van der Waals surface area (Å²) in [6, 6.07) is 10.0. The summed E-state index contributed by atoms with van der Waals surface area (Å²) in [5.41, 5.74) is 3.45. The van der Waals surface area contributed by atoms with Crippen LogP contribution in [0.15, 0.2) is 30.3 Å². The molecule has 1 aromatic heterocycles. The summed E-state index contributed by atoms with van der Waals surface area (Å²) in [4.78, 5) is 12.0. The van der Waals surface area contributed by atoms with Crippen LogP contribution in [-0.2, 0) is 11.2 Å². The first-order valence-corrected chi connectivity index (χ1v) is 7.12. The van der Waals surface area contributed by atoms with Crippen LogP contribution < -0.4 is 5.32 Å². The maximum Gasteiger partial charge on any atom is 0.225 e. The topological polar surface area (TPSA) is 57.8 Å². The Balaban J connectivity index is 1.56. The largest absolute Gasteiger partial charge is 0.309 e. The molecule has 1 aliphatic carbocycles. The highest BCUT2D eigenvalue weighted by molar-refractivity contribution is 5.90. The van der Waals surface area contributed by atoms with Crippen LogP contribution >= 0.6 is 0 Å². The predicted octanol–water partition coefficient (Wildman–Crippen LogP) is 3.17. The molecule has 20 heavy (non-hydrogen) atoms. The third-order valence-corrected chi connectivity index (χ3v) is 3.77. The molecule has 1 amide bonds. The van der Waals surface area contributed by atoms with Gasteiger partial charge in [0.2, 0.25) is 5.91 Å². The molecule has 0 aliphatic heterocycles. The van der Waals surface area contributed by atoms with E-state index in [9.17, 15) is 4.79 Å². The van der Waals surface area contributed by atoms with Gasteiger partial charge in [-0.25, -0.2) is 0 Å². The summed E-state index contributed by atoms with van der Waals surface area (Å²) in [6.45, 7) is 2.02. The van der Waals surface area contributed by atoms with Crippen LogP contribution in [-0.4, -0.2) is 16.1 Å². The van der Waals surface area contributed by atoms with E-state index < -0.39 is 0 Å². The summed E-state index contributed by atoms with van der Waals surface area (Å²) in [7, 11) is 0. The van der Waals surface area contributed by atoms with Crippen molar-refractivity contribution in [3.8, 4) is 0 Å². The average molecular weight is 269 g/mol. The average Bonchev–Trinajstić information content (AvgIpc) is 3.24. The van der Waals surface area contributed by atoms with E-state index in [0.717, 1.165) is 12.0 Å². The predicted molar refractivity (Wildman–Crippen MR) is 78.7 cm³/mol. The minimum Gasteiger partial charge on any atom is -0.309 e. The summed E-state index contributed by atoms with van der Waals surface area (Å²) in [5.74, 6) is 1.33. The van der Waals surface area contributed by atoms with E-state index in [-0.39, 0.29) is 5.91 Å². The van der Waals surface area contributed by atoms with Crippen LogP contribution in [0.2, 0.25) is 0 Å². The maximum atomic E-state index is 12.0. The van der Waals surface area contributed by atoms with Gasteiger partial charge >= 0.3 is 0 Å². The zero-order chi connectivity index (χ0) is 13.9. The van der Waals surface area contributed by atoms with Gasteiger partial charge in [0, 0.05) is 23.6 Å². The molecule has 2 aromatic rings. The Bertz CT molecular complexity index is 599. The molecule has 4 nitrogen and oxygen atoms in total. The number of amides is 1. The van der Waals surface area contributed by atoms with Gasteiger partial charge in [0.05, 0.1) is 0 Å². The van der Waals surface area contributed by atoms with Crippen LogP contribution in [0.25, 0.3) is 0 Å². The van der Waals surface area contributed by atoms with Crippen molar-refractivity contribution >= 4 is 11.7 Å². The molecular formula is C16H19N3O. The second-order valence-corrected chi connectivity index (χ2v) is 5.42. The maximum absolute atomic E-state index is 12.0. The second-order valence-electron chi connectivity index (χ2n) is 5.42. The molecule has 0 spiro atoms. The number of H-pyrrole nitrogens is 1. The highest BCUT2D eigenvalue weighted by Gasteiger charge is 2.28. The minimum absolute atomic E-state index is 0.0193. The number of rotatable bonds is 5. The Morgan fingerprint density at radius 2 is 2.10 bits per heavy atom. The van der Waals surface area contributed by atoms with E-state index in [4.69, 9.17) is 0 Å². The fourth-order valence-corrected chi connectivity index (χ4v) is 2.40. The molecule has 2 N–H and O–H groups in total. The van der Waals surface area contributed by atoms with E-state index in [1.165, 1.54) is 24.1 Å². The molecule has 4 heteroatoms. The Morgan fingerprint density at radius 3 is 2.80 bits per heavy atom. The van der Waals surface area contributed by atoms with Crippen LogP contribution in [0.5, 0.6) is 0 Å². The van der Waals surface area contributed by atoms with E-state index >= 15 is 0 Å². The van der Waals surface area contributed by atoms with Gasteiger partial charge < -0.3 is 5.32 Å². The first kappa shape index (κ1) is 12.9. The summed E-state index contributed by atoms with van der Waals surface area (Å²) < 4.78 is 0. The number of anilines is 1. The van der Waals surface area contributed by atoms with Gasteiger partial charge in [-0.2, -0.15) is 5.10 Å². The fraction of sp³-hybridized carbons (Fsp3) is 0.375. The number of aryl methyl sites for hydroxylation is 1. The lowest BCUT2D eigenvalue weighted by Crippen LogP contribution is -2.13. The molecule has 1 saturated carbocycles. The molecule has 0 unspecified atom stereocenters. The van der Waals surface area contributed by atoms with Crippen LogP contribution in [0, 0.1) is 6.92 Å². The number of carbonyl (C=O) groups excluding carboxylic acids is 1. The number of hydrogen-bond acceptors (Lipinski definition) is 2. The van der Waals surface area contributed by atoms with Crippen LogP contribution in [0.4, 0.5) is 5.82 Å². The third kappa shape index (κ3) is 2.90. The van der Waals surface area contributed by atoms with Gasteiger partial charge in [-0.05, 0) is 31.7 Å². The zero-order valence-electron chi connectivity index (χ0n) is 11.6. The number of aromatic amines is 1. The highest BCUT2D eigenvalue weighted by Crippen LogP contribution is 2.41. The van der Waals surface area contributed by atoms with E-state index in [1.54, 1.807) is 0 Å². The standard InChI is InChI=1S/C16H19N3O/c1-11-15(13-8-9-13)18-19-16(11)17-14(20)10-7-12-5-3-2-4-6-12/h2-6,13H,7-10H2,1H3,(H2,17,18,19,20). The van der Waals surface area contributed by atoms with E-state index in [1.807, 2.05) is 37.3 Å². The molecule has 1 heterocycles. The van der Waals surface area contributed by atoms with E-state index in [0.29, 0.717) is 18.2 Å². The smallest absolute Gasteiger partial charge is 0.225 e. The SMILES string of the molecule is Cc1c(NC(=O)CCc2ccccc2)n[nH]c1C1CC1. The lowest BCUT2D eigenvalue weighted by molar-refractivity contribution is -0.116. The van der Waals surface area contributed by atoms with Crippen molar-refractivity contribution < 1.29 is 4.79 Å². The number of carbonyl (C=O) groups is 1. The first-order valence-electron chi connectivity index (χ1n) is 7.12. The van der Waals surface area contributed by atoms with Crippen LogP contribution in [0.3, 0.4) is 0 Å². The molecule has 0 saturated heterocycles. The van der Waals surface area contributed by atoms with Gasteiger partial charge in [-0.3, -0.25) is 9.89 Å². The molecular weight excluding hydrogens is 250 g/mol. The molecule has 104 valence electrons. The van der Waals surface area contributed by atoms with E-state index in [2.05, 4.69) is 15.5 Å². The number of nitrogens with one attached hydrogen (secondary N) is 2. The number of hydrogen-bond donors (Lipinski definition) is 2. The van der Waals surface area contributed by atoms with Crippen molar-refractivity contribution in [1.82, 2.24) is 10.2 Å². The van der Waals surface area contributed by atoms with Crippen molar-refractivity contribution in [3.63, 3.8) is 0 Å². The lowest BCUT2D eigenvalue weighted by atomic mass is 10.1. The van der Waals surface area contributed by atoms with Crippen molar-refractivity contribution in [1.29, 1.82) is 0 Å². The van der Waals surface area contributed by atoms with Gasteiger partial charge in [-0.1, -0.05) is 30.3 Å². The Kier molecular flexibility index (Phi) is 3.54. The molecule has 0 atom stereocenters. The zero-order valence-corrected chi connectivity index (χ0v) is 11.6. The molecule has 1 aliphatic rings. The Labute approximate surface area is 118 Å². The molecule has 0 radical (unpaired) electrons. The van der Waals surface area contributed by atoms with Gasteiger partial charge in [0.15, 0.2) is 5.82 Å². The van der Waals surface area contributed by atoms with Crippen molar-refractivity contribution in [2.45, 2.75) is 38.5 Å². The fourth-order valence-electron chi connectivity index (χ4n) is 2.40. The van der Waals surface area contributed by atoms with Crippen molar-refractivity contribution in [2.75, 3.05) is 5.32 Å². The lowest BCUT2D eigenvalue weighted by Gasteiger charge is -2.04. The summed E-state index contributed by atoms with van der Waals surface area (Å²) >= 11 is 0. The first-order chi connectivity index (χ1) is 9.74. The molecule has 1 aromatic carbocycles. The van der Waals surface area contributed by atoms with Gasteiger partial charge in [0.1, 0.15) is 0 Å². The highest BCUT2D eigenvalue weighted by atomic mass is 16.1. The molecule has 1 fully saturated rings.